The molecule has 3 rings (SSSR count). The minimum absolute atomic E-state index is 0.0157. The number of rotatable bonds is 21. The first-order chi connectivity index (χ1) is 24.8. The summed E-state index contributed by atoms with van der Waals surface area (Å²) in [5, 5.41) is 30.2. The van der Waals surface area contributed by atoms with Crippen LogP contribution < -0.4 is 16.0 Å². The Morgan fingerprint density at radius 1 is 0.750 bits per heavy atom. The van der Waals surface area contributed by atoms with Gasteiger partial charge in [-0.15, -0.1) is 0 Å². The first-order valence-electron chi connectivity index (χ1n) is 17.7. The summed E-state index contributed by atoms with van der Waals surface area (Å²) in [7, 11) is -3.97. The summed E-state index contributed by atoms with van der Waals surface area (Å²) in [5.74, 6) is -4.93. The number of nitrogens with zero attached hydrogens (tertiary/aromatic N) is 1. The van der Waals surface area contributed by atoms with Gasteiger partial charge in [-0.05, 0) is 67.6 Å². The number of aliphatic hydroxyl groups excluding tert-OH is 2. The molecular formula is C38H50F2N4O7S. The molecule has 0 radical (unpaired) electrons. The van der Waals surface area contributed by atoms with E-state index in [0.29, 0.717) is 50.2 Å². The van der Waals surface area contributed by atoms with Crippen LogP contribution in [-0.2, 0) is 21.1 Å². The van der Waals surface area contributed by atoms with Crippen LogP contribution in [0.5, 0.6) is 0 Å². The molecule has 0 aliphatic rings. The van der Waals surface area contributed by atoms with Crippen molar-refractivity contribution in [2.24, 2.45) is 0 Å². The Hall–Kier alpha value is -4.27. The number of halogens is 2. The topological polar surface area (TPSA) is 175 Å². The van der Waals surface area contributed by atoms with Gasteiger partial charge < -0.3 is 26.2 Å². The van der Waals surface area contributed by atoms with E-state index in [1.165, 1.54) is 24.5 Å². The summed E-state index contributed by atoms with van der Waals surface area (Å²) < 4.78 is 56.0. The minimum atomic E-state index is -3.97. The van der Waals surface area contributed by atoms with Gasteiger partial charge in [-0.1, -0.05) is 64.7 Å². The van der Waals surface area contributed by atoms with Gasteiger partial charge in [0.25, 0.3) is 11.8 Å². The molecular weight excluding hydrogens is 695 g/mol. The molecule has 0 spiro atoms. The summed E-state index contributed by atoms with van der Waals surface area (Å²) in [6.45, 7) is 5.59. The number of carbonyl (C=O) groups is 3. The fourth-order valence-electron chi connectivity index (χ4n) is 6.03. The third-order valence-corrected chi connectivity index (χ3v) is 11.1. The minimum Gasteiger partial charge on any atom is -0.388 e. The fourth-order valence-corrected chi connectivity index (χ4v) is 8.19. The van der Waals surface area contributed by atoms with Crippen molar-refractivity contribution in [3.63, 3.8) is 0 Å². The second-order valence-electron chi connectivity index (χ2n) is 13.0. The predicted molar refractivity (Wildman–Crippen MR) is 194 cm³/mol. The Balaban J connectivity index is 2.00. The Morgan fingerprint density at radius 2 is 1.35 bits per heavy atom. The highest BCUT2D eigenvalue weighted by atomic mass is 32.2. The molecule has 5 atom stereocenters. The normalized spacial score (nSPS) is 14.5. The van der Waals surface area contributed by atoms with Crippen LogP contribution in [0.1, 0.15) is 92.0 Å². The van der Waals surface area contributed by atoms with E-state index < -0.39 is 87.0 Å². The quantitative estimate of drug-likeness (QED) is 0.108. The molecule has 284 valence electrons. The van der Waals surface area contributed by atoms with Crippen LogP contribution in [0.4, 0.5) is 8.78 Å². The Morgan fingerprint density at radius 3 is 1.92 bits per heavy atom. The zero-order chi connectivity index (χ0) is 38.3. The number of aliphatic hydroxyl groups is 2. The monoisotopic (exact) mass is 744 g/mol. The molecule has 0 saturated heterocycles. The molecule has 0 unspecified atom stereocenters. The van der Waals surface area contributed by atoms with Crippen LogP contribution in [0.15, 0.2) is 73.1 Å². The maximum absolute atomic E-state index is 14.3. The lowest BCUT2D eigenvalue weighted by atomic mass is 9.91. The zero-order valence-corrected chi connectivity index (χ0v) is 30.6. The van der Waals surface area contributed by atoms with E-state index in [1.807, 2.05) is 20.8 Å². The SMILES string of the molecule is CCCC[C@@H](NC(=O)c1ccccc1)[C@@H](O)[C@H](O)[C@H](Cc1cc(F)cc(F)c1)NC(=O)[C@@H](CS(=O)(=O)C(CCC)CCC)NC(=O)c1cccnc1. The van der Waals surface area contributed by atoms with Gasteiger partial charge in [-0.2, -0.15) is 0 Å². The highest BCUT2D eigenvalue weighted by Crippen LogP contribution is 2.20. The van der Waals surface area contributed by atoms with Gasteiger partial charge in [0.15, 0.2) is 9.84 Å². The molecule has 52 heavy (non-hydrogen) atoms. The number of carbonyl (C=O) groups excluding carboxylic acids is 3. The van der Waals surface area contributed by atoms with E-state index in [0.717, 1.165) is 12.1 Å². The molecule has 0 aliphatic carbocycles. The number of nitrogens with one attached hydrogen (secondary N) is 3. The van der Waals surface area contributed by atoms with E-state index in [4.69, 9.17) is 0 Å². The molecule has 2 aromatic carbocycles. The summed E-state index contributed by atoms with van der Waals surface area (Å²) in [5.41, 5.74) is 0.386. The second-order valence-corrected chi connectivity index (χ2v) is 15.3. The molecule has 0 bridgehead atoms. The maximum atomic E-state index is 14.3. The Kier molecular flexibility index (Phi) is 16.8. The fraction of sp³-hybridized carbons (Fsp3) is 0.474. The summed E-state index contributed by atoms with van der Waals surface area (Å²) in [4.78, 5) is 44.3. The lowest BCUT2D eigenvalue weighted by Gasteiger charge is -2.34. The Labute approximate surface area is 304 Å². The molecule has 11 nitrogen and oxygen atoms in total. The molecule has 0 aliphatic heterocycles. The van der Waals surface area contributed by atoms with Crippen molar-refractivity contribution in [1.29, 1.82) is 0 Å². The van der Waals surface area contributed by atoms with E-state index in [9.17, 15) is 41.8 Å². The van der Waals surface area contributed by atoms with Crippen molar-refractivity contribution < 1.29 is 41.8 Å². The number of aromatic nitrogens is 1. The molecule has 1 aromatic heterocycles. The van der Waals surface area contributed by atoms with Crippen LogP contribution in [0.2, 0.25) is 0 Å². The molecule has 3 aromatic rings. The van der Waals surface area contributed by atoms with Crippen molar-refractivity contribution in [3.05, 3.63) is 101 Å². The molecule has 0 saturated carbocycles. The van der Waals surface area contributed by atoms with Gasteiger partial charge in [0.05, 0.1) is 28.6 Å². The molecule has 14 heteroatoms. The Bertz CT molecular complexity index is 1670. The van der Waals surface area contributed by atoms with E-state index in [2.05, 4.69) is 20.9 Å². The third kappa shape index (κ3) is 12.7. The standard InChI is InChI=1S/C38H50F2N4O7S/c1-4-7-17-31(42-36(47)26-14-9-8-10-15-26)34(45)35(46)32(21-25-19-28(39)22-29(40)20-25)43-38(49)33(44-37(48)27-16-11-18-41-23-27)24-52(50,51)30(12-5-2)13-6-3/h8-11,14-16,18-20,22-23,30-35,45-46H,4-7,12-13,17,21,24H2,1-3H3,(H,42,47)(H,43,49)(H,44,48)/t31-,32+,33-,34-,35-/m1/s1. The lowest BCUT2D eigenvalue weighted by Crippen LogP contribution is -2.60. The first kappa shape index (κ1) is 42.1. The molecule has 5 N–H and O–H groups in total. The average molecular weight is 745 g/mol. The average Bonchev–Trinajstić information content (AvgIpc) is 3.12. The van der Waals surface area contributed by atoms with Gasteiger partial charge in [-0.3, -0.25) is 19.4 Å². The molecule has 0 fully saturated rings. The van der Waals surface area contributed by atoms with E-state index in [1.54, 1.807) is 30.3 Å². The summed E-state index contributed by atoms with van der Waals surface area (Å²) >= 11 is 0. The predicted octanol–water partition coefficient (Wildman–Crippen LogP) is 4.28. The smallest absolute Gasteiger partial charge is 0.253 e. The number of pyridine rings is 1. The van der Waals surface area contributed by atoms with Crippen molar-refractivity contribution >= 4 is 27.6 Å². The van der Waals surface area contributed by atoms with Crippen LogP contribution in [-0.4, -0.2) is 82.7 Å². The van der Waals surface area contributed by atoms with E-state index in [-0.39, 0.29) is 17.5 Å². The third-order valence-electron chi connectivity index (χ3n) is 8.77. The molecule has 3 amide bonds. The van der Waals surface area contributed by atoms with Gasteiger partial charge in [0.1, 0.15) is 29.9 Å². The van der Waals surface area contributed by atoms with Crippen molar-refractivity contribution in [3.8, 4) is 0 Å². The van der Waals surface area contributed by atoms with Crippen molar-refractivity contribution in [2.75, 3.05) is 5.75 Å². The van der Waals surface area contributed by atoms with Gasteiger partial charge in [-0.25, -0.2) is 17.2 Å². The van der Waals surface area contributed by atoms with Gasteiger partial charge in [0, 0.05) is 24.0 Å². The second kappa shape index (κ2) is 20.7. The van der Waals surface area contributed by atoms with Crippen LogP contribution in [0.3, 0.4) is 0 Å². The maximum Gasteiger partial charge on any atom is 0.253 e. The highest BCUT2D eigenvalue weighted by molar-refractivity contribution is 7.92. The lowest BCUT2D eigenvalue weighted by molar-refractivity contribution is -0.125. The number of hydrogen-bond donors (Lipinski definition) is 5. The van der Waals surface area contributed by atoms with Crippen molar-refractivity contribution in [1.82, 2.24) is 20.9 Å². The number of hydrogen-bond acceptors (Lipinski definition) is 8. The van der Waals surface area contributed by atoms with Crippen LogP contribution in [0, 0.1) is 11.6 Å². The van der Waals surface area contributed by atoms with Crippen molar-refractivity contribution in [2.45, 2.75) is 108 Å². The number of benzene rings is 2. The van der Waals surface area contributed by atoms with E-state index >= 15 is 0 Å². The number of sulfone groups is 1. The van der Waals surface area contributed by atoms with Crippen LogP contribution in [0.25, 0.3) is 0 Å². The highest BCUT2D eigenvalue weighted by Gasteiger charge is 2.38. The van der Waals surface area contributed by atoms with Gasteiger partial charge in [0.2, 0.25) is 5.91 Å². The summed E-state index contributed by atoms with van der Waals surface area (Å²) in [6.07, 6.45) is 2.03. The number of amides is 3. The molecule has 1 heterocycles. The largest absolute Gasteiger partial charge is 0.388 e. The van der Waals surface area contributed by atoms with Gasteiger partial charge >= 0.3 is 0 Å². The summed E-state index contributed by atoms with van der Waals surface area (Å²) in [6, 6.07) is 9.66. The first-order valence-corrected chi connectivity index (χ1v) is 19.4. The number of unbranched alkanes of at least 4 members (excludes halogenated alkanes) is 1. The zero-order valence-electron chi connectivity index (χ0n) is 29.8. The van der Waals surface area contributed by atoms with Crippen LogP contribution >= 0.6 is 0 Å².